The highest BCUT2D eigenvalue weighted by atomic mass is 127. The van der Waals surface area contributed by atoms with E-state index in [4.69, 9.17) is 0 Å². The van der Waals surface area contributed by atoms with Crippen molar-refractivity contribution in [1.82, 2.24) is 0 Å². The molecule has 0 atom stereocenters. The van der Waals surface area contributed by atoms with Crippen molar-refractivity contribution in [2.45, 2.75) is 6.42 Å². The molecule has 0 bridgehead atoms. The van der Waals surface area contributed by atoms with E-state index in [1.165, 1.54) is 9.13 Å². The third-order valence-electron chi connectivity index (χ3n) is 1.23. The van der Waals surface area contributed by atoms with Gasteiger partial charge in [-0.3, -0.25) is 0 Å². The second-order valence-corrected chi connectivity index (χ2v) is 3.00. The fourth-order valence-electron chi connectivity index (χ4n) is 0.701. The molecule has 0 unspecified atom stereocenters. The number of rotatable bonds is 1. The summed E-state index contributed by atoms with van der Waals surface area (Å²) < 4.78 is 1.31. The Labute approximate surface area is 69.4 Å². The zero-order chi connectivity index (χ0) is 6.69. The molecule has 0 aromatic heterocycles. The van der Waals surface area contributed by atoms with Crippen LogP contribution >= 0.6 is 22.6 Å². The van der Waals surface area contributed by atoms with Crippen LogP contribution in [0.15, 0.2) is 24.3 Å². The van der Waals surface area contributed by atoms with E-state index in [9.17, 15) is 0 Å². The maximum Gasteiger partial charge on any atom is 0.0162 e. The Hall–Kier alpha value is -0.0500. The molecule has 0 amide bonds. The molecule has 0 aliphatic carbocycles. The van der Waals surface area contributed by atoms with Crippen molar-refractivity contribution in [2.75, 3.05) is 0 Å². The summed E-state index contributed by atoms with van der Waals surface area (Å²) >= 11 is 2.32. The van der Waals surface area contributed by atoms with Gasteiger partial charge in [-0.25, -0.2) is 0 Å². The Kier molecular flexibility index (Phi) is 2.51. The van der Waals surface area contributed by atoms with Gasteiger partial charge < -0.3 is 0 Å². The zero-order valence-electron chi connectivity index (χ0n) is 5.10. The van der Waals surface area contributed by atoms with E-state index in [-0.39, 0.29) is 0 Å². The quantitative estimate of drug-likeness (QED) is 0.652. The molecule has 0 saturated heterocycles. The lowest BCUT2D eigenvalue weighted by Gasteiger charge is -1.96. The first kappa shape index (κ1) is 7.06. The van der Waals surface area contributed by atoms with E-state index >= 15 is 0 Å². The van der Waals surface area contributed by atoms with E-state index in [2.05, 4.69) is 41.6 Å². The Balaban J connectivity index is 3.01. The lowest BCUT2D eigenvalue weighted by atomic mass is 10.2. The highest BCUT2D eigenvalue weighted by molar-refractivity contribution is 14.1. The number of benzene rings is 1. The second kappa shape index (κ2) is 3.20. The Morgan fingerprint density at radius 1 is 1.33 bits per heavy atom. The summed E-state index contributed by atoms with van der Waals surface area (Å²) in [6, 6.07) is 8.29. The molecule has 0 nitrogen and oxygen atoms in total. The molecule has 1 aromatic carbocycles. The van der Waals surface area contributed by atoms with Crippen molar-refractivity contribution >= 4 is 22.6 Å². The van der Waals surface area contributed by atoms with Crippen molar-refractivity contribution in [3.05, 3.63) is 40.3 Å². The molecule has 1 rings (SSSR count). The molecule has 47 valence electrons. The normalized spacial score (nSPS) is 9.56. The maximum absolute atomic E-state index is 3.81. The van der Waals surface area contributed by atoms with Crippen molar-refractivity contribution < 1.29 is 0 Å². The predicted octanol–water partition coefficient (Wildman–Crippen LogP) is 2.67. The van der Waals surface area contributed by atoms with Gasteiger partial charge in [-0.1, -0.05) is 18.2 Å². The van der Waals surface area contributed by atoms with Crippen LogP contribution in [0.25, 0.3) is 0 Å². The Bertz CT molecular complexity index is 194. The topological polar surface area (TPSA) is 0 Å². The van der Waals surface area contributed by atoms with E-state index in [1.807, 2.05) is 12.1 Å². The second-order valence-electron chi connectivity index (χ2n) is 1.84. The number of hydrogen-bond acceptors (Lipinski definition) is 0. The lowest BCUT2D eigenvalue weighted by Crippen LogP contribution is -1.82. The van der Waals surface area contributed by atoms with Gasteiger partial charge in [0.05, 0.1) is 0 Å². The highest BCUT2D eigenvalue weighted by Gasteiger charge is 1.91. The van der Waals surface area contributed by atoms with Gasteiger partial charge in [0.1, 0.15) is 0 Å². The van der Waals surface area contributed by atoms with Crippen LogP contribution in [-0.4, -0.2) is 0 Å². The summed E-state index contributed by atoms with van der Waals surface area (Å²) in [7, 11) is 0. The van der Waals surface area contributed by atoms with Crippen LogP contribution < -0.4 is 0 Å². The molecule has 0 spiro atoms. The van der Waals surface area contributed by atoms with E-state index < -0.39 is 0 Å². The molecular formula is C8H8I. The van der Waals surface area contributed by atoms with Crippen LogP contribution in [0.3, 0.4) is 0 Å². The van der Waals surface area contributed by atoms with Crippen LogP contribution in [0.2, 0.25) is 0 Å². The molecule has 0 heterocycles. The molecule has 0 aliphatic heterocycles. The van der Waals surface area contributed by atoms with Gasteiger partial charge in [-0.05, 0) is 47.6 Å². The van der Waals surface area contributed by atoms with Crippen molar-refractivity contribution in [2.24, 2.45) is 0 Å². The maximum atomic E-state index is 3.81. The molecule has 0 aliphatic rings. The third kappa shape index (κ3) is 1.68. The Morgan fingerprint density at radius 3 is 2.44 bits per heavy atom. The van der Waals surface area contributed by atoms with Crippen LogP contribution in [0.4, 0.5) is 0 Å². The van der Waals surface area contributed by atoms with Crippen LogP contribution in [0, 0.1) is 10.5 Å². The molecule has 0 saturated carbocycles. The van der Waals surface area contributed by atoms with Gasteiger partial charge >= 0.3 is 0 Å². The largest absolute Gasteiger partial charge is 0.0619 e. The standard InChI is InChI=1S/C8H8I/c1-2-7-5-3-4-6-8(7)9/h3-6H,1-2H2. The van der Waals surface area contributed by atoms with Gasteiger partial charge in [0.2, 0.25) is 0 Å². The minimum atomic E-state index is 0.888. The first-order chi connectivity index (χ1) is 4.34. The van der Waals surface area contributed by atoms with Gasteiger partial charge in [-0.2, -0.15) is 0 Å². The molecule has 9 heavy (non-hydrogen) atoms. The highest BCUT2D eigenvalue weighted by Crippen LogP contribution is 2.10. The summed E-state index contributed by atoms with van der Waals surface area (Å²) in [6.07, 6.45) is 0.888. The summed E-state index contributed by atoms with van der Waals surface area (Å²) in [5, 5.41) is 0. The summed E-state index contributed by atoms with van der Waals surface area (Å²) in [5.74, 6) is 0. The van der Waals surface area contributed by atoms with Gasteiger partial charge in [0.15, 0.2) is 0 Å². The first-order valence-electron chi connectivity index (χ1n) is 2.87. The average Bonchev–Trinajstić information content (AvgIpc) is 1.89. The predicted molar refractivity (Wildman–Crippen MR) is 48.2 cm³/mol. The van der Waals surface area contributed by atoms with E-state index in [0.717, 1.165) is 6.42 Å². The van der Waals surface area contributed by atoms with Crippen molar-refractivity contribution in [3.8, 4) is 0 Å². The zero-order valence-corrected chi connectivity index (χ0v) is 7.26. The Morgan fingerprint density at radius 2 is 2.00 bits per heavy atom. The molecule has 1 aromatic rings. The summed E-state index contributed by atoms with van der Waals surface area (Å²) in [6.45, 7) is 3.81. The SMILES string of the molecule is [CH2]Cc1ccccc1I. The number of halogens is 1. The van der Waals surface area contributed by atoms with Crippen molar-refractivity contribution in [3.63, 3.8) is 0 Å². The van der Waals surface area contributed by atoms with E-state index in [0.29, 0.717) is 0 Å². The molecule has 1 radical (unpaired) electrons. The van der Waals surface area contributed by atoms with Crippen molar-refractivity contribution in [1.29, 1.82) is 0 Å². The lowest BCUT2D eigenvalue weighted by molar-refractivity contribution is 1.25. The van der Waals surface area contributed by atoms with Crippen LogP contribution in [-0.2, 0) is 6.42 Å². The fraction of sp³-hybridized carbons (Fsp3) is 0.125. The number of hydrogen-bond donors (Lipinski definition) is 0. The molecular weight excluding hydrogens is 223 g/mol. The summed E-state index contributed by atoms with van der Waals surface area (Å²) in [4.78, 5) is 0. The third-order valence-corrected chi connectivity index (χ3v) is 2.28. The smallest absolute Gasteiger partial charge is 0.0162 e. The minimum Gasteiger partial charge on any atom is -0.0619 e. The average molecular weight is 231 g/mol. The minimum absolute atomic E-state index is 0.888. The summed E-state index contributed by atoms with van der Waals surface area (Å²) in [5.41, 5.74) is 1.33. The van der Waals surface area contributed by atoms with Crippen LogP contribution in [0.1, 0.15) is 5.56 Å². The van der Waals surface area contributed by atoms with Gasteiger partial charge in [0.25, 0.3) is 0 Å². The van der Waals surface area contributed by atoms with Gasteiger partial charge in [-0.15, -0.1) is 0 Å². The molecule has 0 N–H and O–H groups in total. The van der Waals surface area contributed by atoms with Crippen LogP contribution in [0.5, 0.6) is 0 Å². The first-order valence-corrected chi connectivity index (χ1v) is 3.95. The van der Waals surface area contributed by atoms with Gasteiger partial charge in [0, 0.05) is 3.57 Å². The molecule has 0 fully saturated rings. The fourth-order valence-corrected chi connectivity index (χ4v) is 1.36. The monoisotopic (exact) mass is 231 g/mol. The van der Waals surface area contributed by atoms with E-state index in [1.54, 1.807) is 0 Å². The molecule has 1 heteroatoms.